The Balaban J connectivity index is 1.70. The van der Waals surface area contributed by atoms with Crippen molar-refractivity contribution >= 4 is 5.91 Å². The van der Waals surface area contributed by atoms with Crippen molar-refractivity contribution in [3.8, 4) is 11.5 Å². The van der Waals surface area contributed by atoms with Crippen molar-refractivity contribution in [3.05, 3.63) is 42.0 Å². The molecule has 0 bridgehead atoms. The van der Waals surface area contributed by atoms with Gasteiger partial charge in [0.1, 0.15) is 12.4 Å². The number of hydrogen-bond acceptors (Lipinski definition) is 5. The van der Waals surface area contributed by atoms with Crippen LogP contribution in [0.25, 0.3) is 0 Å². The summed E-state index contributed by atoms with van der Waals surface area (Å²) < 4.78 is 13.1. The summed E-state index contributed by atoms with van der Waals surface area (Å²) in [6.45, 7) is 5.21. The van der Waals surface area contributed by atoms with Crippen LogP contribution in [0, 0.1) is 12.8 Å². The van der Waals surface area contributed by atoms with E-state index in [4.69, 9.17) is 15.2 Å². The minimum Gasteiger partial charge on any atom is -0.493 e. The summed E-state index contributed by atoms with van der Waals surface area (Å²) in [5.74, 6) is 2.63. The van der Waals surface area contributed by atoms with Crippen LogP contribution in [-0.4, -0.2) is 53.7 Å². The van der Waals surface area contributed by atoms with Crippen molar-refractivity contribution in [2.75, 3.05) is 33.4 Å². The van der Waals surface area contributed by atoms with E-state index in [2.05, 4.69) is 9.55 Å². The third-order valence-electron chi connectivity index (χ3n) is 4.97. The zero-order chi connectivity index (χ0) is 19.2. The van der Waals surface area contributed by atoms with Crippen LogP contribution in [0.4, 0.5) is 0 Å². The summed E-state index contributed by atoms with van der Waals surface area (Å²) in [4.78, 5) is 19.2. The molecule has 1 aliphatic rings. The average molecular weight is 372 g/mol. The molecular formula is C20H28N4O3. The molecule has 27 heavy (non-hydrogen) atoms. The number of nitrogens with two attached hydrogens (primary N) is 1. The van der Waals surface area contributed by atoms with E-state index < -0.39 is 0 Å². The number of aromatic nitrogens is 2. The highest BCUT2D eigenvalue weighted by atomic mass is 16.5. The molecule has 7 nitrogen and oxygen atoms in total. The summed E-state index contributed by atoms with van der Waals surface area (Å²) in [5.41, 5.74) is 6.13. The van der Waals surface area contributed by atoms with Crippen molar-refractivity contribution in [2.45, 2.75) is 26.3 Å². The summed E-state index contributed by atoms with van der Waals surface area (Å²) >= 11 is 0. The second-order valence-corrected chi connectivity index (χ2v) is 6.89. The van der Waals surface area contributed by atoms with Gasteiger partial charge in [-0.3, -0.25) is 4.79 Å². The topological polar surface area (TPSA) is 82.6 Å². The quantitative estimate of drug-likeness (QED) is 0.805. The number of ether oxygens (including phenoxy) is 2. The minimum absolute atomic E-state index is 0.0299. The monoisotopic (exact) mass is 372 g/mol. The number of imidazole rings is 1. The van der Waals surface area contributed by atoms with Gasteiger partial charge in [-0.2, -0.15) is 0 Å². The molecule has 1 atom stereocenters. The van der Waals surface area contributed by atoms with Crippen LogP contribution < -0.4 is 15.2 Å². The lowest BCUT2D eigenvalue weighted by Crippen LogP contribution is -2.41. The highest BCUT2D eigenvalue weighted by Crippen LogP contribution is 2.29. The van der Waals surface area contributed by atoms with Crippen LogP contribution in [0.3, 0.4) is 0 Å². The molecule has 0 saturated carbocycles. The summed E-state index contributed by atoms with van der Waals surface area (Å²) in [6, 6.07) is 5.32. The normalized spacial score (nSPS) is 17.0. The molecule has 0 spiro atoms. The van der Waals surface area contributed by atoms with Crippen LogP contribution >= 0.6 is 0 Å². The Kier molecular flexibility index (Phi) is 6.34. The Bertz CT molecular complexity index is 774. The van der Waals surface area contributed by atoms with E-state index in [9.17, 15) is 4.79 Å². The van der Waals surface area contributed by atoms with E-state index >= 15 is 0 Å². The van der Waals surface area contributed by atoms with E-state index in [0.717, 1.165) is 38.3 Å². The van der Waals surface area contributed by atoms with Crippen molar-refractivity contribution in [1.82, 2.24) is 14.5 Å². The van der Waals surface area contributed by atoms with Gasteiger partial charge in [0.15, 0.2) is 11.5 Å². The molecule has 1 aromatic heterocycles. The first kappa shape index (κ1) is 19.2. The van der Waals surface area contributed by atoms with Gasteiger partial charge in [-0.1, -0.05) is 0 Å². The van der Waals surface area contributed by atoms with E-state index in [0.29, 0.717) is 36.1 Å². The van der Waals surface area contributed by atoms with Crippen molar-refractivity contribution in [1.29, 1.82) is 0 Å². The fraction of sp³-hybridized carbons (Fsp3) is 0.500. The Labute approximate surface area is 160 Å². The van der Waals surface area contributed by atoms with Crippen molar-refractivity contribution in [2.24, 2.45) is 11.7 Å². The van der Waals surface area contributed by atoms with Gasteiger partial charge in [0, 0.05) is 44.1 Å². The lowest BCUT2D eigenvalue weighted by molar-refractivity contribution is 0.0661. The Hall–Kier alpha value is -2.54. The maximum absolute atomic E-state index is 13.0. The molecule has 0 aliphatic carbocycles. The molecule has 146 valence electrons. The number of aryl methyl sites for hydroxylation is 1. The number of carbonyl (C=O) groups is 1. The van der Waals surface area contributed by atoms with E-state index in [-0.39, 0.29) is 5.91 Å². The van der Waals surface area contributed by atoms with Crippen LogP contribution in [0.15, 0.2) is 30.6 Å². The molecule has 1 amide bonds. The zero-order valence-corrected chi connectivity index (χ0v) is 16.1. The molecule has 7 heteroatoms. The summed E-state index contributed by atoms with van der Waals surface area (Å²) in [5, 5.41) is 0. The molecule has 2 aromatic rings. The van der Waals surface area contributed by atoms with Gasteiger partial charge in [0.2, 0.25) is 0 Å². The average Bonchev–Trinajstić information content (AvgIpc) is 3.10. The van der Waals surface area contributed by atoms with Crippen molar-refractivity contribution < 1.29 is 14.3 Å². The van der Waals surface area contributed by atoms with Crippen molar-refractivity contribution in [3.63, 3.8) is 0 Å². The number of carbonyl (C=O) groups excluding carboxylic acids is 1. The minimum atomic E-state index is 0.0299. The number of methoxy groups -OCH3 is 1. The number of nitrogens with zero attached hydrogens (tertiary/aromatic N) is 3. The Morgan fingerprint density at radius 1 is 1.37 bits per heavy atom. The Morgan fingerprint density at radius 3 is 2.93 bits per heavy atom. The van der Waals surface area contributed by atoms with E-state index in [1.165, 1.54) is 0 Å². The molecule has 1 aliphatic heterocycles. The number of rotatable bonds is 7. The molecule has 2 N–H and O–H groups in total. The second kappa shape index (κ2) is 8.90. The first-order valence-electron chi connectivity index (χ1n) is 9.40. The number of benzene rings is 1. The maximum Gasteiger partial charge on any atom is 0.254 e. The third-order valence-corrected chi connectivity index (χ3v) is 4.97. The van der Waals surface area contributed by atoms with Crippen LogP contribution in [0.1, 0.15) is 29.0 Å². The first-order chi connectivity index (χ1) is 13.1. The molecule has 2 heterocycles. The fourth-order valence-corrected chi connectivity index (χ4v) is 3.55. The number of amides is 1. The summed E-state index contributed by atoms with van der Waals surface area (Å²) in [7, 11) is 1.58. The molecular weight excluding hydrogens is 344 g/mol. The number of likely N-dealkylation sites (tertiary alicyclic amines) is 1. The van der Waals surface area contributed by atoms with Gasteiger partial charge in [0.25, 0.3) is 5.91 Å². The number of piperidine rings is 1. The third kappa shape index (κ3) is 4.60. The second-order valence-electron chi connectivity index (χ2n) is 6.89. The molecule has 1 fully saturated rings. The van der Waals surface area contributed by atoms with Crippen LogP contribution in [-0.2, 0) is 6.54 Å². The molecule has 3 rings (SSSR count). The highest BCUT2D eigenvalue weighted by molar-refractivity contribution is 5.95. The lowest BCUT2D eigenvalue weighted by atomic mass is 9.97. The van der Waals surface area contributed by atoms with E-state index in [1.807, 2.05) is 24.2 Å². The van der Waals surface area contributed by atoms with Crippen LogP contribution in [0.5, 0.6) is 11.5 Å². The molecule has 0 radical (unpaired) electrons. The number of hydrogen-bond donors (Lipinski definition) is 1. The van der Waals surface area contributed by atoms with Gasteiger partial charge in [-0.05, 0) is 43.9 Å². The van der Waals surface area contributed by atoms with Gasteiger partial charge in [0.05, 0.1) is 7.11 Å². The van der Waals surface area contributed by atoms with E-state index in [1.54, 1.807) is 25.3 Å². The molecule has 1 saturated heterocycles. The highest BCUT2D eigenvalue weighted by Gasteiger charge is 2.25. The Morgan fingerprint density at radius 2 is 2.22 bits per heavy atom. The molecule has 1 aromatic carbocycles. The maximum atomic E-state index is 13.0. The largest absolute Gasteiger partial charge is 0.493 e. The smallest absolute Gasteiger partial charge is 0.254 e. The van der Waals surface area contributed by atoms with Gasteiger partial charge < -0.3 is 24.7 Å². The van der Waals surface area contributed by atoms with Gasteiger partial charge in [-0.15, -0.1) is 0 Å². The lowest BCUT2D eigenvalue weighted by Gasteiger charge is -2.33. The predicted octanol–water partition coefficient (Wildman–Crippen LogP) is 2.09. The zero-order valence-electron chi connectivity index (χ0n) is 16.1. The van der Waals surface area contributed by atoms with Gasteiger partial charge in [-0.25, -0.2) is 4.98 Å². The molecule has 0 unspecified atom stereocenters. The van der Waals surface area contributed by atoms with Crippen LogP contribution in [0.2, 0.25) is 0 Å². The van der Waals surface area contributed by atoms with Gasteiger partial charge >= 0.3 is 0 Å². The SMILES string of the molecule is COc1ccc(C(=O)N2CCC[C@@H](Cn3ccnc3C)C2)cc1OCCN. The summed E-state index contributed by atoms with van der Waals surface area (Å²) in [6.07, 6.45) is 5.95. The standard InChI is InChI=1S/C20H28N4O3/c1-15-22-8-10-23(15)13-16-4-3-9-24(14-16)20(25)17-5-6-18(26-2)19(12-17)27-11-7-21/h5-6,8,10,12,16H,3-4,7,9,11,13-14,21H2,1-2H3/t16-/m0/s1. The first-order valence-corrected chi connectivity index (χ1v) is 9.40. The fourth-order valence-electron chi connectivity index (χ4n) is 3.55. The predicted molar refractivity (Wildman–Crippen MR) is 103 cm³/mol.